The normalized spacial score (nSPS) is 19.8. The summed E-state index contributed by atoms with van der Waals surface area (Å²) in [5.41, 5.74) is 1.64. The van der Waals surface area contributed by atoms with Crippen molar-refractivity contribution >= 4 is 17.4 Å². The summed E-state index contributed by atoms with van der Waals surface area (Å²) in [4.78, 5) is 19.8. The molecular formula is C23H29FN4O2. The fourth-order valence-electron chi connectivity index (χ4n) is 4.24. The van der Waals surface area contributed by atoms with Crippen LogP contribution < -0.4 is 19.9 Å². The number of hydrogen-bond donors (Lipinski definition) is 1. The molecule has 7 heteroatoms. The zero-order valence-corrected chi connectivity index (χ0v) is 17.6. The Balaban J connectivity index is 1.38. The number of nitrogens with one attached hydrogen (secondary N) is 1. The van der Waals surface area contributed by atoms with Crippen molar-refractivity contribution < 1.29 is 13.9 Å². The highest BCUT2D eigenvalue weighted by atomic mass is 19.1. The molecule has 0 bridgehead atoms. The van der Waals surface area contributed by atoms with Gasteiger partial charge in [0.05, 0.1) is 24.5 Å². The van der Waals surface area contributed by atoms with Gasteiger partial charge in [0.2, 0.25) is 5.91 Å². The first-order valence-corrected chi connectivity index (χ1v) is 10.7. The first-order valence-electron chi connectivity index (χ1n) is 10.7. The molecule has 6 nitrogen and oxygen atoms in total. The van der Waals surface area contributed by atoms with Crippen LogP contribution in [0, 0.1) is 5.82 Å². The summed E-state index contributed by atoms with van der Waals surface area (Å²) in [6.07, 6.45) is 4.51. The SMILES string of the molecule is CC(=O)N[C@@H](C)c1ccc(O[C@@H]2CCN(c3cc(N4CCCC4)ncc3F)C2)cc1. The molecule has 30 heavy (non-hydrogen) atoms. The Morgan fingerprint density at radius 1 is 1.20 bits per heavy atom. The number of carbonyl (C=O) groups excluding carboxylic acids is 1. The minimum atomic E-state index is -0.282. The minimum Gasteiger partial charge on any atom is -0.489 e. The molecule has 1 N–H and O–H groups in total. The quantitative estimate of drug-likeness (QED) is 0.785. The molecule has 2 aliphatic heterocycles. The minimum absolute atomic E-state index is 0.00594. The van der Waals surface area contributed by atoms with Crippen molar-refractivity contribution in [2.45, 2.75) is 45.3 Å². The van der Waals surface area contributed by atoms with Crippen LogP contribution in [0.2, 0.25) is 0 Å². The predicted molar refractivity (Wildman–Crippen MR) is 116 cm³/mol. The van der Waals surface area contributed by atoms with Gasteiger partial charge < -0.3 is 19.9 Å². The fourth-order valence-corrected chi connectivity index (χ4v) is 4.24. The molecule has 0 radical (unpaired) electrons. The van der Waals surface area contributed by atoms with Crippen LogP contribution in [-0.2, 0) is 4.79 Å². The van der Waals surface area contributed by atoms with Crippen LogP contribution >= 0.6 is 0 Å². The van der Waals surface area contributed by atoms with Crippen molar-refractivity contribution in [2.24, 2.45) is 0 Å². The molecule has 3 heterocycles. The van der Waals surface area contributed by atoms with Crippen LogP contribution in [0.3, 0.4) is 0 Å². The van der Waals surface area contributed by atoms with E-state index >= 15 is 0 Å². The summed E-state index contributed by atoms with van der Waals surface area (Å²) in [7, 11) is 0. The molecule has 2 saturated heterocycles. The summed E-state index contributed by atoms with van der Waals surface area (Å²) < 4.78 is 20.6. The van der Waals surface area contributed by atoms with Crippen LogP contribution in [0.4, 0.5) is 15.9 Å². The number of rotatable bonds is 6. The van der Waals surface area contributed by atoms with E-state index in [1.54, 1.807) is 0 Å². The van der Waals surface area contributed by atoms with Gasteiger partial charge in [-0.15, -0.1) is 0 Å². The van der Waals surface area contributed by atoms with Gasteiger partial charge in [-0.25, -0.2) is 9.37 Å². The molecule has 2 aromatic rings. The molecule has 0 spiro atoms. The highest BCUT2D eigenvalue weighted by molar-refractivity contribution is 5.73. The highest BCUT2D eigenvalue weighted by Gasteiger charge is 2.27. The van der Waals surface area contributed by atoms with Crippen molar-refractivity contribution in [3.05, 3.63) is 47.9 Å². The number of halogens is 1. The molecule has 2 aliphatic rings. The molecule has 4 rings (SSSR count). The van der Waals surface area contributed by atoms with Gasteiger partial charge in [-0.05, 0) is 37.5 Å². The number of carbonyl (C=O) groups is 1. The largest absolute Gasteiger partial charge is 0.489 e. The van der Waals surface area contributed by atoms with E-state index in [9.17, 15) is 9.18 Å². The van der Waals surface area contributed by atoms with Gasteiger partial charge >= 0.3 is 0 Å². The molecule has 1 aromatic carbocycles. The van der Waals surface area contributed by atoms with Gasteiger partial charge in [-0.1, -0.05) is 12.1 Å². The summed E-state index contributed by atoms with van der Waals surface area (Å²) in [6, 6.07) is 9.62. The zero-order chi connectivity index (χ0) is 21.1. The summed E-state index contributed by atoms with van der Waals surface area (Å²) >= 11 is 0. The van der Waals surface area contributed by atoms with Crippen molar-refractivity contribution in [1.29, 1.82) is 0 Å². The Kier molecular flexibility index (Phi) is 6.06. The Hall–Kier alpha value is -2.83. The maximum Gasteiger partial charge on any atom is 0.217 e. The third-order valence-corrected chi connectivity index (χ3v) is 5.84. The maximum absolute atomic E-state index is 14.5. The zero-order valence-electron chi connectivity index (χ0n) is 17.6. The van der Waals surface area contributed by atoms with Gasteiger partial charge in [0, 0.05) is 39.0 Å². The van der Waals surface area contributed by atoms with Gasteiger partial charge in [-0.3, -0.25) is 4.79 Å². The lowest BCUT2D eigenvalue weighted by molar-refractivity contribution is -0.119. The topological polar surface area (TPSA) is 57.7 Å². The number of hydrogen-bond acceptors (Lipinski definition) is 5. The first kappa shape index (κ1) is 20.4. The van der Waals surface area contributed by atoms with E-state index in [0.29, 0.717) is 12.2 Å². The van der Waals surface area contributed by atoms with Crippen LogP contribution in [0.15, 0.2) is 36.5 Å². The van der Waals surface area contributed by atoms with Crippen LogP contribution in [0.5, 0.6) is 5.75 Å². The maximum atomic E-state index is 14.5. The lowest BCUT2D eigenvalue weighted by atomic mass is 10.1. The molecule has 0 aliphatic carbocycles. The monoisotopic (exact) mass is 412 g/mol. The number of nitrogens with zero attached hydrogens (tertiary/aromatic N) is 3. The summed E-state index contributed by atoms with van der Waals surface area (Å²) in [5.74, 6) is 1.31. The number of anilines is 2. The number of amides is 1. The van der Waals surface area contributed by atoms with Crippen molar-refractivity contribution in [1.82, 2.24) is 10.3 Å². The fraction of sp³-hybridized carbons (Fsp3) is 0.478. The average molecular weight is 413 g/mol. The van der Waals surface area contributed by atoms with E-state index in [2.05, 4.69) is 20.1 Å². The molecule has 1 aromatic heterocycles. The standard InChI is InChI=1S/C23H29FN4O2/c1-16(26-17(2)29)18-5-7-19(8-6-18)30-20-9-12-28(15-20)22-13-23(25-14-21(22)24)27-10-3-4-11-27/h5-8,13-14,16,20H,3-4,9-12,15H2,1-2H3,(H,26,29)/t16-,20+/m0/s1. The Bertz CT molecular complexity index is 883. The third kappa shape index (κ3) is 4.66. The molecule has 2 atom stereocenters. The van der Waals surface area contributed by atoms with Crippen LogP contribution in [0.1, 0.15) is 44.7 Å². The predicted octanol–water partition coefficient (Wildman–Crippen LogP) is 3.68. The van der Waals surface area contributed by atoms with E-state index in [1.807, 2.05) is 37.3 Å². The number of benzene rings is 1. The molecule has 2 fully saturated rings. The smallest absolute Gasteiger partial charge is 0.217 e. The van der Waals surface area contributed by atoms with Crippen molar-refractivity contribution in [3.63, 3.8) is 0 Å². The molecule has 0 unspecified atom stereocenters. The van der Waals surface area contributed by atoms with Gasteiger partial charge in [0.1, 0.15) is 17.7 Å². The van der Waals surface area contributed by atoms with E-state index in [4.69, 9.17) is 4.74 Å². The van der Waals surface area contributed by atoms with Gasteiger partial charge in [0.15, 0.2) is 5.82 Å². The van der Waals surface area contributed by atoms with Gasteiger partial charge in [-0.2, -0.15) is 0 Å². The summed E-state index contributed by atoms with van der Waals surface area (Å²) in [6.45, 7) is 6.83. The van der Waals surface area contributed by atoms with Crippen molar-refractivity contribution in [2.75, 3.05) is 36.0 Å². The molecule has 1 amide bonds. The lowest BCUT2D eigenvalue weighted by Gasteiger charge is -2.23. The van der Waals surface area contributed by atoms with Crippen LogP contribution in [0.25, 0.3) is 0 Å². The third-order valence-electron chi connectivity index (χ3n) is 5.84. The molecule has 0 saturated carbocycles. The Morgan fingerprint density at radius 3 is 2.63 bits per heavy atom. The molecule has 160 valence electrons. The first-order chi connectivity index (χ1) is 14.5. The lowest BCUT2D eigenvalue weighted by Crippen LogP contribution is -2.26. The number of ether oxygens (including phenoxy) is 1. The second-order valence-corrected chi connectivity index (χ2v) is 8.15. The number of pyridine rings is 1. The average Bonchev–Trinajstić information content (AvgIpc) is 3.41. The van der Waals surface area contributed by atoms with E-state index < -0.39 is 0 Å². The Morgan fingerprint density at radius 2 is 1.93 bits per heavy atom. The summed E-state index contributed by atoms with van der Waals surface area (Å²) in [5, 5.41) is 2.88. The second-order valence-electron chi connectivity index (χ2n) is 8.15. The van der Waals surface area contributed by atoms with E-state index in [0.717, 1.165) is 56.0 Å². The second kappa shape index (κ2) is 8.90. The van der Waals surface area contributed by atoms with E-state index in [1.165, 1.54) is 13.1 Å². The van der Waals surface area contributed by atoms with Crippen LogP contribution in [-0.4, -0.2) is 43.2 Å². The van der Waals surface area contributed by atoms with Gasteiger partial charge in [0.25, 0.3) is 0 Å². The van der Waals surface area contributed by atoms with E-state index in [-0.39, 0.29) is 23.9 Å². The number of aromatic nitrogens is 1. The highest BCUT2D eigenvalue weighted by Crippen LogP contribution is 2.30. The Labute approximate surface area is 177 Å². The van der Waals surface area contributed by atoms with Crippen molar-refractivity contribution in [3.8, 4) is 5.75 Å². The molecular weight excluding hydrogens is 383 g/mol.